The van der Waals surface area contributed by atoms with Crippen LogP contribution in [0.25, 0.3) is 11.1 Å². The van der Waals surface area contributed by atoms with E-state index in [1.807, 2.05) is 12.1 Å². The van der Waals surface area contributed by atoms with E-state index in [0.717, 1.165) is 29.9 Å². The molecule has 0 aliphatic heterocycles. The van der Waals surface area contributed by atoms with Gasteiger partial charge < -0.3 is 0 Å². The highest BCUT2D eigenvalue weighted by atomic mass is 19.1. The van der Waals surface area contributed by atoms with Crippen LogP contribution in [0.3, 0.4) is 0 Å². The van der Waals surface area contributed by atoms with Gasteiger partial charge in [0.2, 0.25) is 0 Å². The predicted molar refractivity (Wildman–Crippen MR) is 101 cm³/mol. The molecule has 0 spiro atoms. The number of benzene rings is 2. The number of hydrogen-bond acceptors (Lipinski definition) is 0. The Labute approximate surface area is 149 Å². The number of rotatable bonds is 6. The van der Waals surface area contributed by atoms with Gasteiger partial charge in [0.1, 0.15) is 5.82 Å². The van der Waals surface area contributed by atoms with Crippen LogP contribution in [0.2, 0.25) is 0 Å². The maximum atomic E-state index is 13.0. The van der Waals surface area contributed by atoms with Crippen LogP contribution in [0.4, 0.5) is 8.78 Å². The minimum atomic E-state index is -0.196. The van der Waals surface area contributed by atoms with Gasteiger partial charge in [-0.1, -0.05) is 48.9 Å². The van der Waals surface area contributed by atoms with Gasteiger partial charge in [-0.3, -0.25) is 0 Å². The zero-order valence-corrected chi connectivity index (χ0v) is 14.6. The molecular formula is C23H26F2. The molecule has 0 unspecified atom stereocenters. The second kappa shape index (κ2) is 8.94. The molecule has 1 saturated carbocycles. The van der Waals surface area contributed by atoms with Crippen molar-refractivity contribution in [1.29, 1.82) is 0 Å². The smallest absolute Gasteiger partial charge is 0.123 e. The van der Waals surface area contributed by atoms with E-state index in [2.05, 4.69) is 24.3 Å². The summed E-state index contributed by atoms with van der Waals surface area (Å²) in [5.41, 5.74) is 3.61. The first kappa shape index (κ1) is 17.8. The van der Waals surface area contributed by atoms with Crippen molar-refractivity contribution >= 4 is 0 Å². The topological polar surface area (TPSA) is 0 Å². The van der Waals surface area contributed by atoms with Crippen LogP contribution in [-0.4, -0.2) is 0 Å². The lowest BCUT2D eigenvalue weighted by molar-refractivity contribution is 0.305. The Morgan fingerprint density at radius 2 is 1.44 bits per heavy atom. The highest BCUT2D eigenvalue weighted by Gasteiger charge is 2.21. The Morgan fingerprint density at radius 1 is 0.840 bits per heavy atom. The fourth-order valence-corrected chi connectivity index (χ4v) is 3.96. The summed E-state index contributed by atoms with van der Waals surface area (Å²) in [5, 5.41) is 0. The largest absolute Gasteiger partial charge is 0.216 e. The summed E-state index contributed by atoms with van der Waals surface area (Å²) in [6, 6.07) is 15.4. The molecule has 2 heteroatoms. The van der Waals surface area contributed by atoms with E-state index >= 15 is 0 Å². The van der Waals surface area contributed by atoms with Crippen LogP contribution in [0.5, 0.6) is 0 Å². The van der Waals surface area contributed by atoms with E-state index in [9.17, 15) is 8.78 Å². The zero-order chi connectivity index (χ0) is 17.5. The summed E-state index contributed by atoms with van der Waals surface area (Å²) >= 11 is 0. The maximum Gasteiger partial charge on any atom is 0.123 e. The summed E-state index contributed by atoms with van der Waals surface area (Å²) < 4.78 is 25.0. The summed E-state index contributed by atoms with van der Waals surface area (Å²) in [6.45, 7) is 0. The predicted octanol–water partition coefficient (Wildman–Crippen LogP) is 7.42. The van der Waals surface area contributed by atoms with E-state index in [0.29, 0.717) is 12.2 Å². The van der Waals surface area contributed by atoms with Crippen molar-refractivity contribution in [2.24, 2.45) is 5.92 Å². The van der Waals surface area contributed by atoms with E-state index in [-0.39, 0.29) is 5.82 Å². The Bertz CT molecular complexity index is 662. The third-order valence-electron chi connectivity index (χ3n) is 5.48. The standard InChI is InChI=1S/C23H26F2/c24-17-3-1-2-4-18-5-7-19(8-6-18)20-9-11-21(12-10-20)22-13-15-23(25)16-14-22/h3,9-19H,1-2,4-8H2. The Kier molecular flexibility index (Phi) is 6.38. The molecule has 2 aromatic carbocycles. The first-order valence-electron chi connectivity index (χ1n) is 9.37. The third-order valence-corrected chi connectivity index (χ3v) is 5.48. The number of allylic oxidation sites excluding steroid dienone is 1. The summed E-state index contributed by atoms with van der Waals surface area (Å²) in [5.74, 6) is 1.27. The van der Waals surface area contributed by atoms with Crippen LogP contribution in [0, 0.1) is 11.7 Å². The fraction of sp³-hybridized carbons (Fsp3) is 0.391. The van der Waals surface area contributed by atoms with Crippen molar-refractivity contribution in [3.63, 3.8) is 0 Å². The minimum Gasteiger partial charge on any atom is -0.216 e. The second-order valence-corrected chi connectivity index (χ2v) is 7.14. The van der Waals surface area contributed by atoms with Gasteiger partial charge >= 0.3 is 0 Å². The molecule has 132 valence electrons. The molecule has 0 N–H and O–H groups in total. The molecule has 0 saturated heterocycles. The van der Waals surface area contributed by atoms with Gasteiger partial charge in [-0.15, -0.1) is 0 Å². The van der Waals surface area contributed by atoms with Crippen molar-refractivity contribution in [1.82, 2.24) is 0 Å². The van der Waals surface area contributed by atoms with E-state index in [4.69, 9.17) is 0 Å². The van der Waals surface area contributed by atoms with E-state index in [1.54, 1.807) is 6.08 Å². The lowest BCUT2D eigenvalue weighted by Crippen LogP contribution is -2.13. The number of halogens is 2. The molecule has 1 aliphatic carbocycles. The third kappa shape index (κ3) is 5.01. The normalized spacial score (nSPS) is 20.9. The van der Waals surface area contributed by atoms with Crippen LogP contribution in [0.1, 0.15) is 56.4 Å². The van der Waals surface area contributed by atoms with Gasteiger partial charge in [0.15, 0.2) is 0 Å². The molecule has 0 heterocycles. The van der Waals surface area contributed by atoms with Crippen molar-refractivity contribution in [3.05, 3.63) is 72.3 Å². The first-order chi connectivity index (χ1) is 12.3. The van der Waals surface area contributed by atoms with Gasteiger partial charge in [0.05, 0.1) is 6.33 Å². The van der Waals surface area contributed by atoms with Gasteiger partial charge in [0, 0.05) is 0 Å². The maximum absolute atomic E-state index is 13.0. The van der Waals surface area contributed by atoms with Crippen LogP contribution >= 0.6 is 0 Å². The van der Waals surface area contributed by atoms with Gasteiger partial charge in [-0.05, 0) is 79.2 Å². The second-order valence-electron chi connectivity index (χ2n) is 7.14. The Balaban J connectivity index is 1.52. The Morgan fingerprint density at radius 3 is 2.04 bits per heavy atom. The van der Waals surface area contributed by atoms with Crippen molar-refractivity contribution in [2.45, 2.75) is 50.9 Å². The zero-order valence-electron chi connectivity index (χ0n) is 14.6. The molecule has 0 nitrogen and oxygen atoms in total. The summed E-state index contributed by atoms with van der Waals surface area (Å²) in [7, 11) is 0. The quantitative estimate of drug-likeness (QED) is 0.480. The van der Waals surface area contributed by atoms with E-state index < -0.39 is 0 Å². The number of hydrogen-bond donors (Lipinski definition) is 0. The highest BCUT2D eigenvalue weighted by molar-refractivity contribution is 5.63. The minimum absolute atomic E-state index is 0.196. The molecular weight excluding hydrogens is 314 g/mol. The molecule has 3 rings (SSSR count). The lowest BCUT2D eigenvalue weighted by atomic mass is 9.77. The lowest BCUT2D eigenvalue weighted by Gasteiger charge is -2.29. The molecule has 0 atom stereocenters. The molecule has 0 aromatic heterocycles. The monoisotopic (exact) mass is 340 g/mol. The molecule has 0 bridgehead atoms. The van der Waals surface area contributed by atoms with Gasteiger partial charge in [-0.2, -0.15) is 0 Å². The SMILES string of the molecule is FC=CCCCC1CCC(c2ccc(-c3ccc(F)cc3)cc2)CC1. The van der Waals surface area contributed by atoms with Crippen molar-refractivity contribution in [3.8, 4) is 11.1 Å². The van der Waals surface area contributed by atoms with Crippen molar-refractivity contribution in [2.75, 3.05) is 0 Å². The van der Waals surface area contributed by atoms with Gasteiger partial charge in [0.25, 0.3) is 0 Å². The summed E-state index contributed by atoms with van der Waals surface area (Å²) in [4.78, 5) is 0. The fourth-order valence-electron chi connectivity index (χ4n) is 3.96. The number of unbranched alkanes of at least 4 members (excludes halogenated alkanes) is 1. The van der Waals surface area contributed by atoms with Crippen molar-refractivity contribution < 1.29 is 8.78 Å². The molecule has 1 fully saturated rings. The molecule has 1 aliphatic rings. The van der Waals surface area contributed by atoms with Crippen LogP contribution in [0.15, 0.2) is 60.9 Å². The molecule has 25 heavy (non-hydrogen) atoms. The summed E-state index contributed by atoms with van der Waals surface area (Å²) in [6.07, 6.45) is 10.5. The molecule has 0 radical (unpaired) electrons. The van der Waals surface area contributed by atoms with Crippen LogP contribution < -0.4 is 0 Å². The average Bonchev–Trinajstić information content (AvgIpc) is 2.67. The molecule has 2 aromatic rings. The first-order valence-corrected chi connectivity index (χ1v) is 9.37. The van der Waals surface area contributed by atoms with Crippen LogP contribution in [-0.2, 0) is 0 Å². The highest BCUT2D eigenvalue weighted by Crippen LogP contribution is 2.38. The molecule has 0 amide bonds. The van der Waals surface area contributed by atoms with E-state index in [1.165, 1.54) is 49.8 Å². The van der Waals surface area contributed by atoms with Gasteiger partial charge in [-0.25, -0.2) is 8.78 Å². The Hall–Kier alpha value is -1.96. The average molecular weight is 340 g/mol.